The van der Waals surface area contributed by atoms with Crippen LogP contribution in [0.25, 0.3) is 33.4 Å². The summed E-state index contributed by atoms with van der Waals surface area (Å²) in [7, 11) is 0. The van der Waals surface area contributed by atoms with Crippen molar-refractivity contribution in [1.82, 2.24) is 15.0 Å². The lowest BCUT2D eigenvalue weighted by molar-refractivity contribution is -0.137. The van der Waals surface area contributed by atoms with Crippen LogP contribution in [0.1, 0.15) is 15.9 Å². The average Bonchev–Trinajstić information content (AvgIpc) is 3.11. The van der Waals surface area contributed by atoms with E-state index in [2.05, 4.69) is 15.0 Å². The molecule has 4 rings (SSSR count). The zero-order valence-corrected chi connectivity index (χ0v) is 16.4. The molecule has 164 valence electrons. The molecule has 0 saturated carbocycles. The number of nitrogens with two attached hydrogens (primary N) is 2. The number of amides is 1. The molecule has 4 aromatic rings. The van der Waals surface area contributed by atoms with Crippen molar-refractivity contribution in [3.63, 3.8) is 0 Å². The van der Waals surface area contributed by atoms with Crippen LogP contribution >= 0.6 is 11.6 Å². The van der Waals surface area contributed by atoms with Gasteiger partial charge in [-0.2, -0.15) is 18.2 Å². The lowest BCUT2D eigenvalue weighted by Crippen LogP contribution is -2.16. The van der Waals surface area contributed by atoms with Crippen molar-refractivity contribution in [1.29, 1.82) is 0 Å². The number of carbonyl (C=O) groups is 1. The number of fused-ring (bicyclic) bond motifs is 1. The van der Waals surface area contributed by atoms with Gasteiger partial charge in [0.2, 0.25) is 11.9 Å². The summed E-state index contributed by atoms with van der Waals surface area (Å²) in [4.78, 5) is 22.7. The monoisotopic (exact) mass is 467 g/mol. The number of nitrogens with one attached hydrogen (secondary N) is 1. The fraction of sp³-hybridized carbons (Fsp3) is 0.0500. The zero-order chi connectivity index (χ0) is 23.4. The second-order valence-electron chi connectivity index (χ2n) is 6.72. The van der Waals surface area contributed by atoms with Gasteiger partial charge in [0.25, 0.3) is 0 Å². The number of hydrogen-bond donors (Lipinski definition) is 3. The molecule has 32 heavy (non-hydrogen) atoms. The van der Waals surface area contributed by atoms with Crippen LogP contribution in [-0.2, 0) is 6.18 Å². The van der Waals surface area contributed by atoms with E-state index in [9.17, 15) is 26.7 Å². The molecule has 0 fully saturated rings. The van der Waals surface area contributed by atoms with Crippen LogP contribution in [0.2, 0.25) is 5.02 Å². The van der Waals surface area contributed by atoms with Crippen LogP contribution in [0.3, 0.4) is 0 Å². The Morgan fingerprint density at radius 3 is 2.44 bits per heavy atom. The van der Waals surface area contributed by atoms with E-state index in [1.165, 1.54) is 12.3 Å². The molecule has 5 N–H and O–H groups in total. The fourth-order valence-electron chi connectivity index (χ4n) is 3.36. The second-order valence-corrected chi connectivity index (χ2v) is 7.13. The number of aromatic amines is 1. The number of hydrogen-bond acceptors (Lipinski definition) is 4. The molecule has 6 nitrogen and oxygen atoms in total. The van der Waals surface area contributed by atoms with Crippen molar-refractivity contribution >= 4 is 34.5 Å². The number of benzene rings is 2. The lowest BCUT2D eigenvalue weighted by atomic mass is 9.94. The summed E-state index contributed by atoms with van der Waals surface area (Å²) in [5.41, 5.74) is 8.37. The van der Waals surface area contributed by atoms with Gasteiger partial charge < -0.3 is 16.5 Å². The third-order valence-electron chi connectivity index (χ3n) is 4.68. The molecule has 1 amide bonds. The Bertz CT molecular complexity index is 1400. The minimum Gasteiger partial charge on any atom is -0.368 e. The molecule has 2 aromatic heterocycles. The van der Waals surface area contributed by atoms with E-state index < -0.39 is 40.4 Å². The van der Waals surface area contributed by atoms with Gasteiger partial charge in [-0.15, -0.1) is 0 Å². The molecule has 2 heterocycles. The number of carbonyl (C=O) groups excluding carboxylic acids is 1. The van der Waals surface area contributed by atoms with Gasteiger partial charge in [0, 0.05) is 22.9 Å². The lowest BCUT2D eigenvalue weighted by Gasteiger charge is -2.14. The van der Waals surface area contributed by atoms with Crippen LogP contribution in [0.5, 0.6) is 0 Å². The number of nitrogen functional groups attached to an aromatic ring is 1. The molecule has 0 aliphatic carbocycles. The highest BCUT2D eigenvalue weighted by Crippen LogP contribution is 2.41. The van der Waals surface area contributed by atoms with Gasteiger partial charge >= 0.3 is 6.18 Å². The average molecular weight is 468 g/mol. The first kappa shape index (κ1) is 21.5. The van der Waals surface area contributed by atoms with Crippen LogP contribution in [-0.4, -0.2) is 20.9 Å². The fourth-order valence-corrected chi connectivity index (χ4v) is 3.57. The number of alkyl halides is 3. The summed E-state index contributed by atoms with van der Waals surface area (Å²) in [6, 6.07) is 4.11. The van der Waals surface area contributed by atoms with Gasteiger partial charge in [0.05, 0.1) is 27.2 Å². The Hall–Kier alpha value is -3.73. The maximum absolute atomic E-state index is 15.0. The Morgan fingerprint density at radius 2 is 1.78 bits per heavy atom. The number of rotatable bonds is 3. The predicted octanol–water partition coefficient (Wildman–Crippen LogP) is 4.92. The molecule has 0 aliphatic rings. The van der Waals surface area contributed by atoms with Gasteiger partial charge in [-0.05, 0) is 30.3 Å². The Labute approximate surface area is 181 Å². The summed E-state index contributed by atoms with van der Waals surface area (Å²) in [6.07, 6.45) is -3.71. The Kier molecular flexibility index (Phi) is 5.00. The van der Waals surface area contributed by atoms with Crippen molar-refractivity contribution in [2.75, 3.05) is 5.73 Å². The SMILES string of the molecule is NC(=O)c1cc(C(F)(F)F)cc(F)c1-c1c[nH]c2nc(N)nc(-c3cc(F)ccc3Cl)c12. The minimum absolute atomic E-state index is 0.0250. The van der Waals surface area contributed by atoms with Crippen molar-refractivity contribution in [3.05, 3.63) is 64.3 Å². The predicted molar refractivity (Wildman–Crippen MR) is 108 cm³/mol. The summed E-state index contributed by atoms with van der Waals surface area (Å²) < 4.78 is 68.3. The van der Waals surface area contributed by atoms with E-state index in [-0.39, 0.29) is 44.9 Å². The third-order valence-corrected chi connectivity index (χ3v) is 5.01. The third kappa shape index (κ3) is 3.60. The molecule has 0 aliphatic heterocycles. The molecular formula is C20H11ClF5N5O. The van der Waals surface area contributed by atoms with E-state index in [0.29, 0.717) is 6.07 Å². The smallest absolute Gasteiger partial charge is 0.368 e. The first-order chi connectivity index (χ1) is 15.0. The highest BCUT2D eigenvalue weighted by atomic mass is 35.5. The van der Waals surface area contributed by atoms with Crippen molar-refractivity contribution < 1.29 is 26.7 Å². The molecule has 12 heteroatoms. The summed E-state index contributed by atoms with van der Waals surface area (Å²) >= 11 is 6.18. The molecular weight excluding hydrogens is 457 g/mol. The highest BCUT2D eigenvalue weighted by molar-refractivity contribution is 6.33. The van der Waals surface area contributed by atoms with E-state index >= 15 is 0 Å². The van der Waals surface area contributed by atoms with Crippen molar-refractivity contribution in [2.24, 2.45) is 5.73 Å². The standard InChI is InChI=1S/C20H11ClF5N5O/c21-12-2-1-8(22)5-9(12)16-15-11(6-29-18(15)31-19(28)30-16)14-10(17(27)32)3-7(4-13(14)23)20(24,25)26/h1-6H,(H2,27,32)(H3,28,29,30,31). The molecule has 0 radical (unpaired) electrons. The largest absolute Gasteiger partial charge is 0.416 e. The number of halogens is 6. The molecule has 0 atom stereocenters. The summed E-state index contributed by atoms with van der Waals surface area (Å²) in [5.74, 6) is -3.54. The summed E-state index contributed by atoms with van der Waals surface area (Å²) in [5, 5.41) is 0.119. The van der Waals surface area contributed by atoms with Gasteiger partial charge in [0.15, 0.2) is 0 Å². The van der Waals surface area contributed by atoms with Crippen LogP contribution in [0.15, 0.2) is 36.5 Å². The van der Waals surface area contributed by atoms with Gasteiger partial charge in [0.1, 0.15) is 17.3 Å². The first-order valence-corrected chi connectivity index (χ1v) is 9.16. The van der Waals surface area contributed by atoms with Crippen LogP contribution in [0.4, 0.5) is 27.9 Å². The maximum atomic E-state index is 15.0. The van der Waals surface area contributed by atoms with Gasteiger partial charge in [-0.25, -0.2) is 13.8 Å². The Balaban J connectivity index is 2.10. The maximum Gasteiger partial charge on any atom is 0.416 e. The topological polar surface area (TPSA) is 111 Å². The van der Waals surface area contributed by atoms with Crippen LogP contribution < -0.4 is 11.5 Å². The molecule has 0 saturated heterocycles. The van der Waals surface area contributed by atoms with Crippen LogP contribution in [0, 0.1) is 11.6 Å². The van der Waals surface area contributed by atoms with Crippen molar-refractivity contribution in [2.45, 2.75) is 6.18 Å². The second kappa shape index (κ2) is 7.45. The molecule has 0 spiro atoms. The van der Waals surface area contributed by atoms with E-state index in [4.69, 9.17) is 23.1 Å². The quantitative estimate of drug-likeness (QED) is 0.371. The zero-order valence-electron chi connectivity index (χ0n) is 15.7. The number of primary amides is 1. The van der Waals surface area contributed by atoms with Crippen molar-refractivity contribution in [3.8, 4) is 22.4 Å². The normalized spacial score (nSPS) is 11.8. The highest BCUT2D eigenvalue weighted by Gasteiger charge is 2.34. The van der Waals surface area contributed by atoms with Gasteiger partial charge in [-0.3, -0.25) is 4.79 Å². The van der Waals surface area contributed by atoms with E-state index in [1.807, 2.05) is 0 Å². The number of nitrogens with zero attached hydrogens (tertiary/aromatic N) is 2. The first-order valence-electron chi connectivity index (χ1n) is 8.78. The van der Waals surface area contributed by atoms with E-state index in [1.54, 1.807) is 0 Å². The molecule has 2 aromatic carbocycles. The Morgan fingerprint density at radius 1 is 1.06 bits per heavy atom. The number of aromatic nitrogens is 3. The van der Waals surface area contributed by atoms with E-state index in [0.717, 1.165) is 12.1 Å². The number of anilines is 1. The van der Waals surface area contributed by atoms with Gasteiger partial charge in [-0.1, -0.05) is 11.6 Å². The minimum atomic E-state index is -4.92. The molecule has 0 bridgehead atoms. The molecule has 0 unspecified atom stereocenters. The number of H-pyrrole nitrogens is 1. The summed E-state index contributed by atoms with van der Waals surface area (Å²) in [6.45, 7) is 0.